The molecule has 0 unspecified atom stereocenters. The van der Waals surface area contributed by atoms with Crippen LogP contribution in [0, 0.1) is 11.3 Å². The van der Waals surface area contributed by atoms with E-state index in [2.05, 4.69) is 6.92 Å². The largest absolute Gasteiger partial charge is 0.494 e. The van der Waals surface area contributed by atoms with Gasteiger partial charge in [-0.05, 0) is 61.4 Å². The van der Waals surface area contributed by atoms with Crippen LogP contribution >= 0.6 is 0 Å². The van der Waals surface area contributed by atoms with Crippen molar-refractivity contribution in [3.8, 4) is 17.6 Å². The number of esters is 1. The third-order valence-corrected chi connectivity index (χ3v) is 5.27. The normalized spacial score (nSPS) is 11.0. The van der Waals surface area contributed by atoms with E-state index in [0.29, 0.717) is 17.7 Å². The molecule has 0 radical (unpaired) electrons. The number of nitrogens with zero attached hydrogens (tertiary/aromatic N) is 1. The van der Waals surface area contributed by atoms with Crippen molar-refractivity contribution in [2.45, 2.75) is 65.2 Å². The van der Waals surface area contributed by atoms with Gasteiger partial charge in [0.2, 0.25) is 0 Å². The zero-order chi connectivity index (χ0) is 23.9. The van der Waals surface area contributed by atoms with E-state index >= 15 is 0 Å². The minimum absolute atomic E-state index is 0.0734. The summed E-state index contributed by atoms with van der Waals surface area (Å²) in [7, 11) is 0. The van der Waals surface area contributed by atoms with Gasteiger partial charge in [0.15, 0.2) is 5.78 Å². The number of nitriles is 1. The number of ketones is 1. The highest BCUT2D eigenvalue weighted by molar-refractivity contribution is 5.99. The Morgan fingerprint density at radius 3 is 2.00 bits per heavy atom. The molecule has 2 rings (SSSR count). The van der Waals surface area contributed by atoms with Gasteiger partial charge in [-0.1, -0.05) is 64.0 Å². The van der Waals surface area contributed by atoms with E-state index < -0.39 is 5.97 Å². The highest BCUT2D eigenvalue weighted by atomic mass is 16.5. The lowest BCUT2D eigenvalue weighted by Crippen LogP contribution is -2.10. The van der Waals surface area contributed by atoms with E-state index in [-0.39, 0.29) is 17.1 Å². The van der Waals surface area contributed by atoms with Gasteiger partial charge in [0, 0.05) is 5.56 Å². The quantitative estimate of drug-likeness (QED) is 0.0784. The van der Waals surface area contributed by atoms with Crippen molar-refractivity contribution in [1.82, 2.24) is 0 Å². The Labute approximate surface area is 197 Å². The molecule has 0 atom stereocenters. The second kappa shape index (κ2) is 14.6. The van der Waals surface area contributed by atoms with Crippen molar-refractivity contribution in [1.29, 1.82) is 5.26 Å². The van der Waals surface area contributed by atoms with Crippen molar-refractivity contribution in [3.63, 3.8) is 0 Å². The summed E-state index contributed by atoms with van der Waals surface area (Å²) in [5.74, 6) is 0.219. The van der Waals surface area contributed by atoms with Crippen LogP contribution in [0.1, 0.15) is 81.1 Å². The van der Waals surface area contributed by atoms with Crippen molar-refractivity contribution in [2.24, 2.45) is 0 Å². The molecule has 0 aliphatic carbocycles. The first-order valence-corrected chi connectivity index (χ1v) is 11.7. The van der Waals surface area contributed by atoms with Gasteiger partial charge in [-0.15, -0.1) is 0 Å². The van der Waals surface area contributed by atoms with Crippen LogP contribution in [0.4, 0.5) is 0 Å². The minimum Gasteiger partial charge on any atom is -0.494 e. The Kier molecular flexibility index (Phi) is 11.5. The highest BCUT2D eigenvalue weighted by Gasteiger charge is 2.12. The number of hydrogen-bond acceptors (Lipinski definition) is 5. The summed E-state index contributed by atoms with van der Waals surface area (Å²) in [5, 5.41) is 9.37. The number of carbonyl (C=O) groups excluding carboxylic acids is 2. The number of ether oxygens (including phenoxy) is 2. The fraction of sp³-hybridized carbons (Fsp3) is 0.393. The molecular weight excluding hydrogens is 414 g/mol. The first kappa shape index (κ1) is 25.9. The third-order valence-electron chi connectivity index (χ3n) is 5.27. The van der Waals surface area contributed by atoms with Crippen LogP contribution in [0.2, 0.25) is 0 Å². The van der Waals surface area contributed by atoms with Crippen LogP contribution in [0.25, 0.3) is 6.08 Å². The minimum atomic E-state index is -0.747. The van der Waals surface area contributed by atoms with Crippen molar-refractivity contribution < 1.29 is 19.1 Å². The number of unbranched alkanes of at least 4 members (excludes halogenated alkanes) is 7. The van der Waals surface area contributed by atoms with Crippen molar-refractivity contribution in [2.75, 3.05) is 6.61 Å². The number of carbonyl (C=O) groups is 2. The van der Waals surface area contributed by atoms with Gasteiger partial charge in [-0.2, -0.15) is 5.26 Å². The summed E-state index contributed by atoms with van der Waals surface area (Å²) in [6.07, 6.45) is 11.5. The van der Waals surface area contributed by atoms with Gasteiger partial charge in [-0.25, -0.2) is 4.79 Å². The zero-order valence-electron chi connectivity index (χ0n) is 19.6. The fourth-order valence-electron chi connectivity index (χ4n) is 3.31. The Bertz CT molecular complexity index is 953. The first-order valence-electron chi connectivity index (χ1n) is 11.7. The standard InChI is InChI=1S/C28H33NO4/c1-3-4-5-6-7-8-9-10-19-32-26-15-11-23(12-16-26)20-25(21-29)28(31)33-27-17-13-24(14-18-27)22(2)30/h11-18,20H,3-10,19H2,1-2H3/b25-20+. The Hall–Kier alpha value is -3.39. The van der Waals surface area contributed by atoms with E-state index in [4.69, 9.17) is 9.47 Å². The lowest BCUT2D eigenvalue weighted by atomic mass is 10.1. The van der Waals surface area contributed by atoms with E-state index in [9.17, 15) is 14.9 Å². The van der Waals surface area contributed by atoms with Crippen LogP contribution in [-0.4, -0.2) is 18.4 Å². The number of benzene rings is 2. The maximum Gasteiger partial charge on any atom is 0.354 e. The second-order valence-corrected chi connectivity index (χ2v) is 8.03. The molecule has 5 nitrogen and oxygen atoms in total. The molecule has 0 amide bonds. The van der Waals surface area contributed by atoms with Crippen LogP contribution in [0.15, 0.2) is 54.1 Å². The maximum absolute atomic E-state index is 12.3. The van der Waals surface area contributed by atoms with E-state index in [1.807, 2.05) is 18.2 Å². The Morgan fingerprint density at radius 2 is 1.42 bits per heavy atom. The molecule has 0 saturated carbocycles. The third kappa shape index (κ3) is 9.74. The molecular formula is C28H33NO4. The van der Waals surface area contributed by atoms with Crippen LogP contribution in [0.3, 0.4) is 0 Å². The summed E-state index contributed by atoms with van der Waals surface area (Å²) in [6, 6.07) is 15.4. The smallest absolute Gasteiger partial charge is 0.354 e. The number of Topliss-reactive ketones (excluding diaryl/α,β-unsaturated/α-hetero) is 1. The van der Waals surface area contributed by atoms with Gasteiger partial charge in [-0.3, -0.25) is 4.79 Å². The summed E-state index contributed by atoms with van der Waals surface area (Å²) >= 11 is 0. The molecule has 0 saturated heterocycles. The Morgan fingerprint density at radius 1 is 0.848 bits per heavy atom. The van der Waals surface area contributed by atoms with Crippen molar-refractivity contribution >= 4 is 17.8 Å². The highest BCUT2D eigenvalue weighted by Crippen LogP contribution is 2.18. The number of rotatable bonds is 14. The molecule has 0 fully saturated rings. The van der Waals surface area contributed by atoms with Gasteiger partial charge in [0.25, 0.3) is 0 Å². The maximum atomic E-state index is 12.3. The average molecular weight is 448 g/mol. The SMILES string of the molecule is CCCCCCCCCCOc1ccc(/C=C(\C#N)C(=O)Oc2ccc(C(C)=O)cc2)cc1. The predicted octanol–water partition coefficient (Wildman–Crippen LogP) is 6.92. The van der Waals surface area contributed by atoms with Gasteiger partial charge in [0.05, 0.1) is 6.61 Å². The van der Waals surface area contributed by atoms with Crippen LogP contribution < -0.4 is 9.47 Å². The van der Waals surface area contributed by atoms with Crippen LogP contribution in [0.5, 0.6) is 11.5 Å². The summed E-state index contributed by atoms with van der Waals surface area (Å²) in [5.41, 5.74) is 1.11. The topological polar surface area (TPSA) is 76.4 Å². The Balaban J connectivity index is 1.79. The lowest BCUT2D eigenvalue weighted by molar-refractivity contribution is -0.129. The van der Waals surface area contributed by atoms with Crippen LogP contribution in [-0.2, 0) is 4.79 Å². The summed E-state index contributed by atoms with van der Waals surface area (Å²) in [4.78, 5) is 23.7. The zero-order valence-corrected chi connectivity index (χ0v) is 19.6. The molecule has 0 aromatic heterocycles. The van der Waals surface area contributed by atoms with Crippen molar-refractivity contribution in [3.05, 3.63) is 65.2 Å². The molecule has 2 aromatic carbocycles. The lowest BCUT2D eigenvalue weighted by Gasteiger charge is -2.07. The molecule has 5 heteroatoms. The fourth-order valence-corrected chi connectivity index (χ4v) is 3.31. The molecule has 0 aliphatic rings. The van der Waals surface area contributed by atoms with Gasteiger partial charge < -0.3 is 9.47 Å². The van der Waals surface area contributed by atoms with Gasteiger partial charge >= 0.3 is 5.97 Å². The summed E-state index contributed by atoms with van der Waals surface area (Å²) in [6.45, 7) is 4.38. The van der Waals surface area contributed by atoms with E-state index in [1.54, 1.807) is 24.3 Å². The first-order chi connectivity index (χ1) is 16.0. The monoisotopic (exact) mass is 447 g/mol. The molecule has 0 bridgehead atoms. The molecule has 0 aliphatic heterocycles. The molecule has 0 heterocycles. The second-order valence-electron chi connectivity index (χ2n) is 8.03. The number of hydrogen-bond donors (Lipinski definition) is 0. The van der Waals surface area contributed by atoms with E-state index in [0.717, 1.165) is 12.2 Å². The average Bonchev–Trinajstić information content (AvgIpc) is 2.82. The summed E-state index contributed by atoms with van der Waals surface area (Å²) < 4.78 is 11.0. The van der Waals surface area contributed by atoms with Gasteiger partial charge in [0.1, 0.15) is 23.1 Å². The molecule has 0 spiro atoms. The van der Waals surface area contributed by atoms with E-state index in [1.165, 1.54) is 70.1 Å². The molecule has 0 N–H and O–H groups in total. The predicted molar refractivity (Wildman–Crippen MR) is 130 cm³/mol. The molecule has 174 valence electrons. The molecule has 2 aromatic rings. The molecule has 33 heavy (non-hydrogen) atoms.